The number of amides is 1. The van der Waals surface area contributed by atoms with Crippen molar-refractivity contribution in [2.75, 3.05) is 20.3 Å². The van der Waals surface area contributed by atoms with Crippen molar-refractivity contribution in [1.82, 2.24) is 5.32 Å². The van der Waals surface area contributed by atoms with Crippen LogP contribution >= 0.6 is 11.3 Å². The quantitative estimate of drug-likeness (QED) is 0.754. The fourth-order valence-electron chi connectivity index (χ4n) is 1.92. The van der Waals surface area contributed by atoms with Crippen LogP contribution in [-0.2, 0) is 16.0 Å². The molecule has 0 fully saturated rings. The average Bonchev–Trinajstić information content (AvgIpc) is 3.10. The predicted octanol–water partition coefficient (Wildman–Crippen LogP) is 2.66. The van der Waals surface area contributed by atoms with E-state index in [1.807, 2.05) is 29.6 Å². The van der Waals surface area contributed by atoms with Crippen LogP contribution in [0.4, 0.5) is 0 Å². The van der Waals surface area contributed by atoms with Gasteiger partial charge >= 0.3 is 5.97 Å². The smallest absolute Gasteiger partial charge is 0.307 e. The van der Waals surface area contributed by atoms with Crippen molar-refractivity contribution in [2.45, 2.75) is 12.8 Å². The lowest BCUT2D eigenvalue weighted by molar-refractivity contribution is -0.143. The van der Waals surface area contributed by atoms with Crippen molar-refractivity contribution in [2.24, 2.45) is 0 Å². The van der Waals surface area contributed by atoms with Crippen LogP contribution in [0.15, 0.2) is 41.1 Å². The van der Waals surface area contributed by atoms with Gasteiger partial charge in [0.25, 0.3) is 5.91 Å². The molecule has 0 unspecified atom stereocenters. The van der Waals surface area contributed by atoms with E-state index < -0.39 is 0 Å². The molecule has 0 bridgehead atoms. The highest BCUT2D eigenvalue weighted by Gasteiger charge is 2.07. The van der Waals surface area contributed by atoms with E-state index in [1.165, 1.54) is 11.3 Å². The summed E-state index contributed by atoms with van der Waals surface area (Å²) in [6.45, 7) is 0.597. The van der Waals surface area contributed by atoms with Crippen LogP contribution in [0.25, 0.3) is 0 Å². The zero-order valence-corrected chi connectivity index (χ0v) is 13.7. The third-order valence-corrected chi connectivity index (χ3v) is 3.89. The Balaban J connectivity index is 1.60. The summed E-state index contributed by atoms with van der Waals surface area (Å²) in [7, 11) is 1.62. The van der Waals surface area contributed by atoms with Crippen LogP contribution in [0.3, 0.4) is 0 Å². The monoisotopic (exact) mass is 333 g/mol. The van der Waals surface area contributed by atoms with E-state index in [1.54, 1.807) is 18.6 Å². The highest BCUT2D eigenvalue weighted by molar-refractivity contribution is 7.08. The van der Waals surface area contributed by atoms with Gasteiger partial charge in [-0.1, -0.05) is 12.1 Å². The van der Waals surface area contributed by atoms with Gasteiger partial charge in [-0.15, -0.1) is 0 Å². The molecule has 1 amide bonds. The molecule has 23 heavy (non-hydrogen) atoms. The van der Waals surface area contributed by atoms with Gasteiger partial charge in [0.1, 0.15) is 5.75 Å². The maximum Gasteiger partial charge on any atom is 0.307 e. The van der Waals surface area contributed by atoms with Gasteiger partial charge in [0.05, 0.1) is 20.1 Å². The topological polar surface area (TPSA) is 64.6 Å². The fourth-order valence-corrected chi connectivity index (χ4v) is 2.56. The maximum atomic E-state index is 11.7. The number of carbonyl (C=O) groups is 2. The SMILES string of the molecule is COc1ccc(CCOC(=O)CCNC(=O)c2ccsc2)cc1. The number of ether oxygens (including phenoxy) is 2. The zero-order chi connectivity index (χ0) is 16.5. The molecular weight excluding hydrogens is 314 g/mol. The van der Waals surface area contributed by atoms with E-state index in [0.29, 0.717) is 18.6 Å². The lowest BCUT2D eigenvalue weighted by Crippen LogP contribution is -2.26. The Morgan fingerprint density at radius 3 is 2.61 bits per heavy atom. The highest BCUT2D eigenvalue weighted by Crippen LogP contribution is 2.11. The fraction of sp³-hybridized carbons (Fsp3) is 0.294. The molecule has 0 radical (unpaired) electrons. The van der Waals surface area contributed by atoms with Crippen LogP contribution in [0.1, 0.15) is 22.3 Å². The molecule has 2 aromatic rings. The Bertz CT molecular complexity index is 623. The van der Waals surface area contributed by atoms with Crippen LogP contribution in [0.5, 0.6) is 5.75 Å². The van der Waals surface area contributed by atoms with Gasteiger partial charge in [-0.2, -0.15) is 11.3 Å². The predicted molar refractivity (Wildman–Crippen MR) is 88.9 cm³/mol. The molecule has 0 aliphatic rings. The molecule has 1 N–H and O–H groups in total. The molecule has 0 spiro atoms. The summed E-state index contributed by atoms with van der Waals surface area (Å²) in [5.74, 6) is 0.313. The first kappa shape index (κ1) is 17.0. The lowest BCUT2D eigenvalue weighted by atomic mass is 10.1. The molecule has 0 aliphatic carbocycles. The van der Waals surface area contributed by atoms with Crippen molar-refractivity contribution < 1.29 is 19.1 Å². The Hall–Kier alpha value is -2.34. The van der Waals surface area contributed by atoms with Crippen LogP contribution in [-0.4, -0.2) is 32.1 Å². The molecular formula is C17H19NO4S. The largest absolute Gasteiger partial charge is 0.497 e. The number of hydrogen-bond donors (Lipinski definition) is 1. The molecule has 0 saturated carbocycles. The molecule has 1 heterocycles. The van der Waals surface area contributed by atoms with Crippen LogP contribution in [0.2, 0.25) is 0 Å². The Morgan fingerprint density at radius 2 is 1.96 bits per heavy atom. The minimum atomic E-state index is -0.316. The number of nitrogens with one attached hydrogen (secondary N) is 1. The summed E-state index contributed by atoms with van der Waals surface area (Å²) in [5, 5.41) is 6.29. The van der Waals surface area contributed by atoms with Gasteiger partial charge in [0.2, 0.25) is 0 Å². The van der Waals surface area contributed by atoms with E-state index in [-0.39, 0.29) is 24.8 Å². The number of thiophene rings is 1. The van der Waals surface area contributed by atoms with Crippen LogP contribution in [0, 0.1) is 0 Å². The second-order valence-corrected chi connectivity index (χ2v) is 5.62. The number of methoxy groups -OCH3 is 1. The Labute approximate surface area is 139 Å². The van der Waals surface area contributed by atoms with Crippen molar-refractivity contribution in [1.29, 1.82) is 0 Å². The van der Waals surface area contributed by atoms with E-state index in [0.717, 1.165) is 11.3 Å². The molecule has 1 aromatic heterocycles. The molecule has 122 valence electrons. The first-order valence-electron chi connectivity index (χ1n) is 7.28. The zero-order valence-electron chi connectivity index (χ0n) is 12.9. The van der Waals surface area contributed by atoms with Crippen molar-refractivity contribution in [3.63, 3.8) is 0 Å². The molecule has 1 aromatic carbocycles. The maximum absolute atomic E-state index is 11.7. The van der Waals surface area contributed by atoms with E-state index in [2.05, 4.69) is 5.32 Å². The average molecular weight is 333 g/mol. The number of esters is 1. The summed E-state index contributed by atoms with van der Waals surface area (Å²) in [6, 6.07) is 9.36. The number of rotatable bonds is 8. The van der Waals surface area contributed by atoms with Gasteiger partial charge < -0.3 is 14.8 Å². The minimum absolute atomic E-state index is 0.165. The summed E-state index contributed by atoms with van der Waals surface area (Å²) in [5.41, 5.74) is 1.69. The summed E-state index contributed by atoms with van der Waals surface area (Å²) >= 11 is 1.46. The first-order chi connectivity index (χ1) is 11.2. The summed E-state index contributed by atoms with van der Waals surface area (Å²) in [4.78, 5) is 23.3. The second kappa shape index (κ2) is 8.95. The van der Waals surface area contributed by atoms with Gasteiger partial charge in [-0.05, 0) is 29.1 Å². The molecule has 0 aliphatic heterocycles. The lowest BCUT2D eigenvalue weighted by Gasteiger charge is -2.06. The van der Waals surface area contributed by atoms with Gasteiger partial charge in [0.15, 0.2) is 0 Å². The Kier molecular flexibility index (Phi) is 6.62. The third-order valence-electron chi connectivity index (χ3n) is 3.21. The molecule has 0 saturated heterocycles. The summed E-state index contributed by atoms with van der Waals surface area (Å²) in [6.07, 6.45) is 0.815. The van der Waals surface area contributed by atoms with Gasteiger partial charge in [-0.3, -0.25) is 9.59 Å². The minimum Gasteiger partial charge on any atom is -0.497 e. The number of carbonyl (C=O) groups excluding carboxylic acids is 2. The van der Waals surface area contributed by atoms with E-state index in [9.17, 15) is 9.59 Å². The van der Waals surface area contributed by atoms with Gasteiger partial charge in [0, 0.05) is 23.9 Å². The first-order valence-corrected chi connectivity index (χ1v) is 8.22. The molecule has 2 rings (SSSR count). The Morgan fingerprint density at radius 1 is 1.17 bits per heavy atom. The highest BCUT2D eigenvalue weighted by atomic mass is 32.1. The van der Waals surface area contributed by atoms with Crippen LogP contribution < -0.4 is 10.1 Å². The van der Waals surface area contributed by atoms with Crippen molar-refractivity contribution in [3.8, 4) is 5.75 Å². The van der Waals surface area contributed by atoms with Gasteiger partial charge in [-0.25, -0.2) is 0 Å². The van der Waals surface area contributed by atoms with E-state index >= 15 is 0 Å². The summed E-state index contributed by atoms with van der Waals surface area (Å²) < 4.78 is 10.2. The number of benzene rings is 1. The molecule has 0 atom stereocenters. The van der Waals surface area contributed by atoms with Crippen molar-refractivity contribution in [3.05, 3.63) is 52.2 Å². The normalized spacial score (nSPS) is 10.1. The standard InChI is InChI=1S/C17H19NO4S/c1-21-15-4-2-13(3-5-15)7-10-22-16(19)6-9-18-17(20)14-8-11-23-12-14/h2-5,8,11-12H,6-7,9-10H2,1H3,(H,18,20). The molecule has 6 heteroatoms. The van der Waals surface area contributed by atoms with E-state index in [4.69, 9.17) is 9.47 Å². The third kappa shape index (κ3) is 5.75. The number of hydrogen-bond acceptors (Lipinski definition) is 5. The molecule has 5 nitrogen and oxygen atoms in total. The van der Waals surface area contributed by atoms with Crippen molar-refractivity contribution >= 4 is 23.2 Å². The second-order valence-electron chi connectivity index (χ2n) is 4.84.